The molecule has 0 saturated heterocycles. The van der Waals surface area contributed by atoms with Crippen LogP contribution in [0.5, 0.6) is 23.0 Å². The number of hydrazine groups is 1. The number of ether oxygens (including phenoxy) is 4. The number of hydrogen-bond donors (Lipinski definition) is 2. The fourth-order valence-corrected chi connectivity index (χ4v) is 3.37. The Kier molecular flexibility index (Phi) is 5.90. The van der Waals surface area contributed by atoms with Crippen LogP contribution in [0.25, 0.3) is 0 Å². The fraction of sp³-hybridized carbons (Fsp3) is 0.278. The third kappa shape index (κ3) is 4.29. The first-order chi connectivity index (χ1) is 13.4. The molecule has 2 N–H and O–H groups in total. The molecule has 0 aliphatic carbocycles. The van der Waals surface area contributed by atoms with Crippen LogP contribution in [-0.2, 0) is 10.0 Å². The zero-order chi connectivity index (χ0) is 20.1. The van der Waals surface area contributed by atoms with Gasteiger partial charge in [0.1, 0.15) is 13.2 Å². The van der Waals surface area contributed by atoms with Crippen LogP contribution in [0.2, 0.25) is 0 Å². The first-order valence-electron chi connectivity index (χ1n) is 8.47. The maximum atomic E-state index is 12.4. The van der Waals surface area contributed by atoms with Crippen molar-refractivity contribution in [3.8, 4) is 23.0 Å². The number of carbonyl (C=O) groups excluding carboxylic acids is 1. The Morgan fingerprint density at radius 2 is 1.82 bits per heavy atom. The van der Waals surface area contributed by atoms with Crippen molar-refractivity contribution in [1.82, 2.24) is 10.3 Å². The lowest BCUT2D eigenvalue weighted by Gasteiger charge is -2.19. The van der Waals surface area contributed by atoms with Gasteiger partial charge in [0.05, 0.1) is 18.6 Å². The maximum absolute atomic E-state index is 12.4. The lowest BCUT2D eigenvalue weighted by Crippen LogP contribution is -2.41. The summed E-state index contributed by atoms with van der Waals surface area (Å²) in [6, 6.07) is 8.74. The van der Waals surface area contributed by atoms with E-state index in [0.29, 0.717) is 42.8 Å². The van der Waals surface area contributed by atoms with Crippen molar-refractivity contribution >= 4 is 15.9 Å². The van der Waals surface area contributed by atoms with E-state index < -0.39 is 15.9 Å². The number of carbonyl (C=O) groups is 1. The first-order valence-corrected chi connectivity index (χ1v) is 9.95. The Balaban J connectivity index is 1.71. The van der Waals surface area contributed by atoms with Crippen LogP contribution < -0.4 is 29.2 Å². The topological polar surface area (TPSA) is 112 Å². The molecule has 10 heteroatoms. The van der Waals surface area contributed by atoms with Crippen LogP contribution in [-0.4, -0.2) is 41.3 Å². The van der Waals surface area contributed by atoms with Crippen molar-refractivity contribution in [2.24, 2.45) is 0 Å². The van der Waals surface area contributed by atoms with Gasteiger partial charge < -0.3 is 18.9 Å². The lowest BCUT2D eigenvalue weighted by atomic mass is 10.2. The lowest BCUT2D eigenvalue weighted by molar-refractivity contribution is 0.0944. The Morgan fingerprint density at radius 1 is 1.07 bits per heavy atom. The normalized spacial score (nSPS) is 12.9. The molecule has 0 fully saturated rings. The second-order valence-electron chi connectivity index (χ2n) is 5.66. The number of benzene rings is 2. The van der Waals surface area contributed by atoms with Crippen LogP contribution in [0.3, 0.4) is 0 Å². The van der Waals surface area contributed by atoms with Crippen molar-refractivity contribution < 1.29 is 32.2 Å². The molecule has 2 aromatic rings. The van der Waals surface area contributed by atoms with Gasteiger partial charge in [-0.15, -0.1) is 4.83 Å². The van der Waals surface area contributed by atoms with Crippen LogP contribution >= 0.6 is 0 Å². The second-order valence-corrected chi connectivity index (χ2v) is 7.35. The molecular weight excluding hydrogens is 388 g/mol. The average Bonchev–Trinajstić information content (AvgIpc) is 2.72. The van der Waals surface area contributed by atoms with E-state index in [9.17, 15) is 13.2 Å². The molecule has 0 aromatic heterocycles. The summed E-state index contributed by atoms with van der Waals surface area (Å²) in [6.45, 7) is 3.00. The SMILES string of the molecule is CCOc1ccc(C(=O)NNS(=O)(=O)c2ccc3c(c2)OCCO3)cc1OC. The molecule has 0 atom stereocenters. The van der Waals surface area contributed by atoms with Gasteiger partial charge in [-0.05, 0) is 37.3 Å². The van der Waals surface area contributed by atoms with Gasteiger partial charge in [0.25, 0.3) is 15.9 Å². The number of sulfonamides is 1. The van der Waals surface area contributed by atoms with Crippen molar-refractivity contribution in [2.75, 3.05) is 26.9 Å². The summed E-state index contributed by atoms with van der Waals surface area (Å²) in [6.07, 6.45) is 0. The summed E-state index contributed by atoms with van der Waals surface area (Å²) in [5.41, 5.74) is 2.37. The third-order valence-corrected chi connectivity index (χ3v) is 5.09. The highest BCUT2D eigenvalue weighted by atomic mass is 32.2. The summed E-state index contributed by atoms with van der Waals surface area (Å²) < 4.78 is 46.2. The van der Waals surface area contributed by atoms with Crippen LogP contribution in [0.4, 0.5) is 0 Å². The van der Waals surface area contributed by atoms with Crippen LogP contribution in [0.15, 0.2) is 41.3 Å². The summed E-state index contributed by atoms with van der Waals surface area (Å²) in [7, 11) is -2.55. The average molecular weight is 408 g/mol. The molecule has 0 radical (unpaired) electrons. The summed E-state index contributed by atoms with van der Waals surface area (Å²) in [5.74, 6) is 0.998. The standard InChI is InChI=1S/C18H20N2O7S/c1-3-25-14-6-4-12(10-16(14)24-2)18(21)19-20-28(22,23)13-5-7-15-17(11-13)27-9-8-26-15/h4-7,10-11,20H,3,8-9H2,1-2H3,(H,19,21). The Morgan fingerprint density at radius 3 is 2.54 bits per heavy atom. The maximum Gasteiger partial charge on any atom is 0.266 e. The van der Waals surface area contributed by atoms with Crippen LogP contribution in [0.1, 0.15) is 17.3 Å². The first kappa shape index (κ1) is 19.8. The molecule has 9 nitrogen and oxygen atoms in total. The van der Waals surface area contributed by atoms with E-state index in [4.69, 9.17) is 18.9 Å². The molecule has 3 rings (SSSR count). The van der Waals surface area contributed by atoms with Gasteiger partial charge in [-0.1, -0.05) is 0 Å². The van der Waals surface area contributed by atoms with Gasteiger partial charge in [0, 0.05) is 11.6 Å². The van der Waals surface area contributed by atoms with Crippen LogP contribution in [0, 0.1) is 0 Å². The van der Waals surface area contributed by atoms with E-state index in [0.717, 1.165) is 0 Å². The molecule has 150 valence electrons. The van der Waals surface area contributed by atoms with Gasteiger partial charge in [0.2, 0.25) is 0 Å². The second kappa shape index (κ2) is 8.36. The van der Waals surface area contributed by atoms with E-state index in [-0.39, 0.29) is 10.5 Å². The fourth-order valence-electron chi connectivity index (χ4n) is 2.52. The number of fused-ring (bicyclic) bond motifs is 1. The number of nitrogens with one attached hydrogen (secondary N) is 2. The molecule has 0 saturated carbocycles. The highest BCUT2D eigenvalue weighted by molar-refractivity contribution is 7.89. The molecule has 28 heavy (non-hydrogen) atoms. The van der Waals surface area contributed by atoms with E-state index >= 15 is 0 Å². The Bertz CT molecular complexity index is 976. The largest absolute Gasteiger partial charge is 0.493 e. The number of amides is 1. The molecule has 0 bridgehead atoms. The monoisotopic (exact) mass is 408 g/mol. The minimum atomic E-state index is -4.00. The molecule has 0 unspecified atom stereocenters. The van der Waals surface area contributed by atoms with Gasteiger partial charge in [-0.2, -0.15) is 0 Å². The Hall–Kier alpha value is -2.98. The molecule has 0 spiro atoms. The number of hydrogen-bond acceptors (Lipinski definition) is 7. The van der Waals surface area contributed by atoms with Crippen molar-refractivity contribution in [1.29, 1.82) is 0 Å². The van der Waals surface area contributed by atoms with E-state index in [2.05, 4.69) is 10.3 Å². The third-order valence-electron chi connectivity index (χ3n) is 3.85. The van der Waals surface area contributed by atoms with Crippen molar-refractivity contribution in [3.05, 3.63) is 42.0 Å². The van der Waals surface area contributed by atoms with Gasteiger partial charge in [-0.3, -0.25) is 10.2 Å². The number of rotatable bonds is 7. The quantitative estimate of drug-likeness (QED) is 0.668. The predicted octanol–water partition coefficient (Wildman–Crippen LogP) is 1.49. The molecule has 1 amide bonds. The van der Waals surface area contributed by atoms with Crippen molar-refractivity contribution in [3.63, 3.8) is 0 Å². The van der Waals surface area contributed by atoms with Crippen molar-refractivity contribution in [2.45, 2.75) is 11.8 Å². The molecule has 1 aliphatic rings. The Labute approximate surface area is 162 Å². The minimum absolute atomic E-state index is 0.0682. The van der Waals surface area contributed by atoms with Gasteiger partial charge in [0.15, 0.2) is 23.0 Å². The molecule has 1 heterocycles. The highest BCUT2D eigenvalue weighted by Crippen LogP contribution is 2.32. The predicted molar refractivity (Wildman–Crippen MR) is 99.4 cm³/mol. The smallest absolute Gasteiger partial charge is 0.266 e. The number of methoxy groups -OCH3 is 1. The van der Waals surface area contributed by atoms with E-state index in [1.165, 1.54) is 37.4 Å². The van der Waals surface area contributed by atoms with E-state index in [1.54, 1.807) is 6.07 Å². The molecular formula is C18H20N2O7S. The van der Waals surface area contributed by atoms with Gasteiger partial charge in [-0.25, -0.2) is 8.42 Å². The zero-order valence-electron chi connectivity index (χ0n) is 15.4. The molecule has 2 aromatic carbocycles. The zero-order valence-corrected chi connectivity index (χ0v) is 16.2. The molecule has 1 aliphatic heterocycles. The van der Waals surface area contributed by atoms with E-state index in [1.807, 2.05) is 6.92 Å². The van der Waals surface area contributed by atoms with Gasteiger partial charge >= 0.3 is 0 Å². The summed E-state index contributed by atoms with van der Waals surface area (Å²) >= 11 is 0. The minimum Gasteiger partial charge on any atom is -0.493 e. The highest BCUT2D eigenvalue weighted by Gasteiger charge is 2.20. The summed E-state index contributed by atoms with van der Waals surface area (Å²) in [5, 5.41) is 0. The summed E-state index contributed by atoms with van der Waals surface area (Å²) in [4.78, 5) is 14.3.